The first kappa shape index (κ1) is 11.9. The molecule has 1 aliphatic carbocycles. The third kappa shape index (κ3) is 2.12. The summed E-state index contributed by atoms with van der Waals surface area (Å²) < 4.78 is 1.74. The third-order valence-corrected chi connectivity index (χ3v) is 3.62. The van der Waals surface area contributed by atoms with Crippen molar-refractivity contribution in [2.75, 3.05) is 0 Å². The minimum absolute atomic E-state index is 0.621. The van der Waals surface area contributed by atoms with Gasteiger partial charge >= 0.3 is 5.97 Å². The monoisotopic (exact) mass is 234 g/mol. The molecule has 4 nitrogen and oxygen atoms in total. The molecule has 0 atom stereocenters. The quantitative estimate of drug-likeness (QED) is 0.814. The zero-order valence-corrected chi connectivity index (χ0v) is 9.93. The molecule has 0 spiro atoms. The van der Waals surface area contributed by atoms with Gasteiger partial charge in [0.2, 0.25) is 0 Å². The van der Waals surface area contributed by atoms with Crippen LogP contribution < -0.4 is 0 Å². The molecule has 1 aliphatic rings. The fourth-order valence-corrected chi connectivity index (χ4v) is 2.62. The Hall–Kier alpha value is -1.58. The van der Waals surface area contributed by atoms with Crippen molar-refractivity contribution < 1.29 is 9.90 Å². The number of hydrogen-bond acceptors (Lipinski definition) is 2. The number of carboxylic acids is 1. The van der Waals surface area contributed by atoms with Gasteiger partial charge in [0.1, 0.15) is 0 Å². The average molecular weight is 234 g/mol. The van der Waals surface area contributed by atoms with Gasteiger partial charge in [0.15, 0.2) is 0 Å². The Morgan fingerprint density at radius 3 is 2.82 bits per heavy atom. The zero-order chi connectivity index (χ0) is 12.3. The van der Waals surface area contributed by atoms with Gasteiger partial charge in [-0.3, -0.25) is 9.48 Å². The van der Waals surface area contributed by atoms with Gasteiger partial charge < -0.3 is 5.11 Å². The molecule has 2 rings (SSSR count). The summed E-state index contributed by atoms with van der Waals surface area (Å²) in [7, 11) is 0. The minimum atomic E-state index is -0.713. The van der Waals surface area contributed by atoms with E-state index in [1.54, 1.807) is 17.0 Å². The van der Waals surface area contributed by atoms with Crippen LogP contribution in [-0.4, -0.2) is 20.9 Å². The molecule has 92 valence electrons. The summed E-state index contributed by atoms with van der Waals surface area (Å²) in [4.78, 5) is 11.6. The maximum Gasteiger partial charge on any atom is 0.314 e. The van der Waals surface area contributed by atoms with Gasteiger partial charge in [0, 0.05) is 11.8 Å². The van der Waals surface area contributed by atoms with Crippen molar-refractivity contribution in [3.05, 3.63) is 30.6 Å². The van der Waals surface area contributed by atoms with Crippen LogP contribution in [0.4, 0.5) is 0 Å². The van der Waals surface area contributed by atoms with Crippen LogP contribution in [0.5, 0.6) is 0 Å². The molecular formula is C13H18N2O2. The van der Waals surface area contributed by atoms with Crippen LogP contribution in [0.3, 0.4) is 0 Å². The van der Waals surface area contributed by atoms with Crippen molar-refractivity contribution in [2.45, 2.75) is 44.1 Å². The van der Waals surface area contributed by atoms with Crippen LogP contribution in [0.2, 0.25) is 0 Å². The summed E-state index contributed by atoms with van der Waals surface area (Å²) in [5.74, 6) is -0.713. The Morgan fingerprint density at radius 2 is 2.24 bits per heavy atom. The van der Waals surface area contributed by atoms with Gasteiger partial charge in [-0.1, -0.05) is 25.3 Å². The highest BCUT2D eigenvalue weighted by molar-refractivity contribution is 5.81. The highest BCUT2D eigenvalue weighted by atomic mass is 16.4. The van der Waals surface area contributed by atoms with E-state index in [1.165, 1.54) is 0 Å². The van der Waals surface area contributed by atoms with Gasteiger partial charge in [0.05, 0.1) is 18.2 Å². The molecule has 0 amide bonds. The number of carbonyl (C=O) groups is 1. The van der Waals surface area contributed by atoms with Gasteiger partial charge in [-0.25, -0.2) is 0 Å². The maximum absolute atomic E-state index is 11.6. The number of allylic oxidation sites excluding steroid dienone is 1. The number of nitrogens with zero attached hydrogens (tertiary/aromatic N) is 2. The smallest absolute Gasteiger partial charge is 0.314 e. The summed E-state index contributed by atoms with van der Waals surface area (Å²) in [5.41, 5.74) is 0.129. The zero-order valence-electron chi connectivity index (χ0n) is 9.93. The maximum atomic E-state index is 11.6. The Kier molecular flexibility index (Phi) is 3.31. The number of carboxylic acid groups (broad SMARTS) is 1. The predicted molar refractivity (Wildman–Crippen MR) is 64.8 cm³/mol. The molecule has 1 fully saturated rings. The first-order chi connectivity index (χ1) is 8.19. The lowest BCUT2D eigenvalue weighted by molar-refractivity contribution is -0.145. The van der Waals surface area contributed by atoms with E-state index in [2.05, 4.69) is 11.7 Å². The molecule has 4 heteroatoms. The lowest BCUT2D eigenvalue weighted by atomic mass is 9.70. The van der Waals surface area contributed by atoms with Crippen molar-refractivity contribution in [3.8, 4) is 0 Å². The molecule has 1 aromatic heterocycles. The van der Waals surface area contributed by atoms with Crippen molar-refractivity contribution in [1.29, 1.82) is 0 Å². The van der Waals surface area contributed by atoms with Crippen LogP contribution in [0.1, 0.15) is 37.7 Å². The first-order valence-corrected chi connectivity index (χ1v) is 6.06. The van der Waals surface area contributed by atoms with Gasteiger partial charge in [0.25, 0.3) is 0 Å². The van der Waals surface area contributed by atoms with Crippen molar-refractivity contribution in [3.63, 3.8) is 0 Å². The van der Waals surface area contributed by atoms with E-state index in [0.717, 1.165) is 37.7 Å². The van der Waals surface area contributed by atoms with E-state index >= 15 is 0 Å². The molecule has 1 saturated carbocycles. The van der Waals surface area contributed by atoms with E-state index in [-0.39, 0.29) is 0 Å². The molecule has 1 aromatic rings. The lowest BCUT2D eigenvalue weighted by Gasteiger charge is -2.32. The van der Waals surface area contributed by atoms with Crippen LogP contribution in [0.25, 0.3) is 0 Å². The molecule has 0 saturated heterocycles. The van der Waals surface area contributed by atoms with Gasteiger partial charge in [-0.15, -0.1) is 6.58 Å². The fourth-order valence-electron chi connectivity index (χ4n) is 2.62. The number of rotatable bonds is 4. The van der Waals surface area contributed by atoms with E-state index in [4.69, 9.17) is 0 Å². The van der Waals surface area contributed by atoms with Gasteiger partial charge in [-0.2, -0.15) is 5.10 Å². The average Bonchev–Trinajstić information content (AvgIpc) is 2.79. The Morgan fingerprint density at radius 1 is 1.53 bits per heavy atom. The molecule has 0 radical (unpaired) electrons. The molecule has 0 aliphatic heterocycles. The third-order valence-electron chi connectivity index (χ3n) is 3.62. The number of aliphatic carboxylic acids is 1. The number of hydrogen-bond donors (Lipinski definition) is 1. The molecule has 0 bridgehead atoms. The highest BCUT2D eigenvalue weighted by Crippen LogP contribution is 2.39. The van der Waals surface area contributed by atoms with Gasteiger partial charge in [-0.05, 0) is 12.8 Å². The largest absolute Gasteiger partial charge is 0.481 e. The first-order valence-electron chi connectivity index (χ1n) is 6.06. The normalized spacial score (nSPS) is 18.8. The molecule has 17 heavy (non-hydrogen) atoms. The Labute approximate surface area is 101 Å². The Bertz CT molecular complexity index is 417. The molecule has 0 unspecified atom stereocenters. The minimum Gasteiger partial charge on any atom is -0.481 e. The lowest BCUT2D eigenvalue weighted by Crippen LogP contribution is -2.37. The summed E-state index contributed by atoms with van der Waals surface area (Å²) in [6.45, 7) is 4.27. The summed E-state index contributed by atoms with van der Waals surface area (Å²) in [5, 5.41) is 13.7. The highest BCUT2D eigenvalue weighted by Gasteiger charge is 2.42. The molecule has 0 aromatic carbocycles. The molecule has 1 heterocycles. The van der Waals surface area contributed by atoms with Crippen molar-refractivity contribution in [1.82, 2.24) is 9.78 Å². The van der Waals surface area contributed by atoms with E-state index in [1.807, 2.05) is 6.20 Å². The van der Waals surface area contributed by atoms with E-state index in [9.17, 15) is 9.90 Å². The molecule has 1 N–H and O–H groups in total. The number of aromatic nitrogens is 2. The summed E-state index contributed by atoms with van der Waals surface area (Å²) in [6.07, 6.45) is 9.85. The Balaban J connectivity index is 2.31. The second-order valence-corrected chi connectivity index (χ2v) is 4.69. The fraction of sp³-hybridized carbons (Fsp3) is 0.538. The summed E-state index contributed by atoms with van der Waals surface area (Å²) in [6, 6.07) is 0. The second-order valence-electron chi connectivity index (χ2n) is 4.69. The second kappa shape index (κ2) is 4.73. The van der Waals surface area contributed by atoms with Crippen molar-refractivity contribution >= 4 is 5.97 Å². The standard InChI is InChI=1S/C13H18N2O2/c1-2-8-15-10-11(9-14-15)13(12(16)17)6-4-3-5-7-13/h2,9-10H,1,3-8H2,(H,16,17). The van der Waals surface area contributed by atoms with Crippen LogP contribution in [-0.2, 0) is 16.8 Å². The topological polar surface area (TPSA) is 55.1 Å². The van der Waals surface area contributed by atoms with Crippen LogP contribution >= 0.6 is 0 Å². The van der Waals surface area contributed by atoms with E-state index in [0.29, 0.717) is 6.54 Å². The van der Waals surface area contributed by atoms with Crippen LogP contribution in [0, 0.1) is 0 Å². The van der Waals surface area contributed by atoms with E-state index < -0.39 is 11.4 Å². The SMILES string of the molecule is C=CCn1cc(C2(C(=O)O)CCCCC2)cn1. The molecular weight excluding hydrogens is 216 g/mol. The predicted octanol–water partition coefficient (Wildman–Crippen LogP) is 2.36. The van der Waals surface area contributed by atoms with Crippen molar-refractivity contribution in [2.24, 2.45) is 0 Å². The summed E-state index contributed by atoms with van der Waals surface area (Å²) >= 11 is 0. The van der Waals surface area contributed by atoms with Crippen LogP contribution in [0.15, 0.2) is 25.0 Å².